The van der Waals surface area contributed by atoms with Crippen LogP contribution < -0.4 is 4.74 Å². The Kier molecular flexibility index (Phi) is 6.22. The first kappa shape index (κ1) is 25.2. The number of ether oxygens (including phenoxy) is 1. The van der Waals surface area contributed by atoms with Crippen molar-refractivity contribution in [3.8, 4) is 11.5 Å². The molecular formula is C31H27NO6S. The molecule has 1 fully saturated rings. The number of likely N-dealkylation sites (tertiary alicyclic amines) is 1. The standard InChI is InChI=1S/C31H27NO6S/c1-16-12-25(34)23-14-22-19(8-9-21-28(22)31(37)32(30(21)36)15-18-4-3-11-39-18)20(27(23)29(16)35)7-5-17-6-10-24(33)26(13-17)38-2/h3-8,10-13,20-22,28,33H,9,14-15H2,1-2H3. The van der Waals surface area contributed by atoms with Gasteiger partial charge in [-0.2, -0.15) is 0 Å². The van der Waals surface area contributed by atoms with E-state index in [4.69, 9.17) is 4.74 Å². The molecule has 0 bridgehead atoms. The molecule has 8 heteroatoms. The number of Topliss-reactive ketones (excluding diaryl/α,β-unsaturated/α-hetero) is 1. The Balaban J connectivity index is 1.40. The molecular weight excluding hydrogens is 514 g/mol. The first-order valence-electron chi connectivity index (χ1n) is 12.9. The third-order valence-electron chi connectivity index (χ3n) is 8.28. The van der Waals surface area contributed by atoms with E-state index in [0.717, 1.165) is 16.0 Å². The Morgan fingerprint density at radius 3 is 2.69 bits per heavy atom. The van der Waals surface area contributed by atoms with Crippen LogP contribution in [0.5, 0.6) is 11.5 Å². The summed E-state index contributed by atoms with van der Waals surface area (Å²) in [5.41, 5.74) is 2.94. The third kappa shape index (κ3) is 4.10. The fourth-order valence-electron chi connectivity index (χ4n) is 6.42. The lowest BCUT2D eigenvalue weighted by molar-refractivity contribution is -0.140. The van der Waals surface area contributed by atoms with Gasteiger partial charge in [-0.25, -0.2) is 0 Å². The minimum absolute atomic E-state index is 0.0174. The number of rotatable bonds is 5. The number of aromatic hydroxyl groups is 1. The van der Waals surface area contributed by atoms with Crippen molar-refractivity contribution in [3.63, 3.8) is 0 Å². The molecule has 198 valence electrons. The van der Waals surface area contributed by atoms with Gasteiger partial charge in [0.25, 0.3) is 0 Å². The summed E-state index contributed by atoms with van der Waals surface area (Å²) in [4.78, 5) is 56.0. The van der Waals surface area contributed by atoms with Crippen LogP contribution in [0, 0.1) is 23.7 Å². The van der Waals surface area contributed by atoms with Gasteiger partial charge < -0.3 is 9.84 Å². The van der Waals surface area contributed by atoms with E-state index in [2.05, 4.69) is 0 Å². The highest BCUT2D eigenvalue weighted by Gasteiger charge is 2.55. The first-order chi connectivity index (χ1) is 18.8. The van der Waals surface area contributed by atoms with Gasteiger partial charge in [-0.3, -0.25) is 24.1 Å². The molecule has 3 aliphatic carbocycles. The molecule has 1 saturated heterocycles. The molecule has 1 aliphatic heterocycles. The van der Waals surface area contributed by atoms with Gasteiger partial charge in [-0.05, 0) is 60.9 Å². The second-order valence-corrected chi connectivity index (χ2v) is 11.4. The van der Waals surface area contributed by atoms with Crippen molar-refractivity contribution in [3.05, 3.63) is 86.7 Å². The first-order valence-corrected chi connectivity index (χ1v) is 13.8. The average molecular weight is 542 g/mol. The van der Waals surface area contributed by atoms with E-state index in [1.165, 1.54) is 35.5 Å². The van der Waals surface area contributed by atoms with Crippen LogP contribution in [0.1, 0.15) is 30.2 Å². The molecule has 4 aliphatic rings. The molecule has 0 radical (unpaired) electrons. The van der Waals surface area contributed by atoms with Gasteiger partial charge in [0, 0.05) is 27.5 Å². The zero-order chi connectivity index (χ0) is 27.4. The van der Waals surface area contributed by atoms with Crippen LogP contribution in [0.15, 0.2) is 76.2 Å². The zero-order valence-corrected chi connectivity index (χ0v) is 22.4. The van der Waals surface area contributed by atoms with E-state index in [-0.39, 0.29) is 48.0 Å². The molecule has 0 saturated carbocycles. The molecule has 2 heterocycles. The topological polar surface area (TPSA) is 101 Å². The molecule has 4 atom stereocenters. The van der Waals surface area contributed by atoms with Crippen molar-refractivity contribution >= 4 is 40.8 Å². The summed E-state index contributed by atoms with van der Waals surface area (Å²) in [6.45, 7) is 1.90. The predicted octanol–water partition coefficient (Wildman–Crippen LogP) is 4.64. The van der Waals surface area contributed by atoms with Crippen molar-refractivity contribution in [2.45, 2.75) is 26.3 Å². The molecule has 6 rings (SSSR count). The monoisotopic (exact) mass is 541 g/mol. The Morgan fingerprint density at radius 2 is 1.95 bits per heavy atom. The minimum atomic E-state index is -0.564. The summed E-state index contributed by atoms with van der Waals surface area (Å²) in [6, 6.07) is 8.76. The zero-order valence-electron chi connectivity index (χ0n) is 21.5. The fraction of sp³-hybridized carbons (Fsp3) is 0.290. The van der Waals surface area contributed by atoms with Crippen LogP contribution in [0.25, 0.3) is 6.08 Å². The number of allylic oxidation sites excluding steroid dienone is 7. The molecule has 1 aromatic heterocycles. The van der Waals surface area contributed by atoms with Crippen molar-refractivity contribution in [1.82, 2.24) is 4.90 Å². The van der Waals surface area contributed by atoms with Gasteiger partial charge in [0.05, 0.1) is 25.5 Å². The highest BCUT2D eigenvalue weighted by atomic mass is 32.1. The van der Waals surface area contributed by atoms with Crippen LogP contribution in [0.3, 0.4) is 0 Å². The Bertz CT molecular complexity index is 1540. The Morgan fingerprint density at radius 1 is 1.13 bits per heavy atom. The van der Waals surface area contributed by atoms with Gasteiger partial charge in [-0.1, -0.05) is 35.9 Å². The van der Waals surface area contributed by atoms with Gasteiger partial charge in [0.15, 0.2) is 23.1 Å². The van der Waals surface area contributed by atoms with Crippen molar-refractivity contribution in [2.24, 2.45) is 23.7 Å². The van der Waals surface area contributed by atoms with Crippen molar-refractivity contribution in [2.75, 3.05) is 7.11 Å². The maximum atomic E-state index is 13.7. The number of thiophene rings is 1. The van der Waals surface area contributed by atoms with Crippen LogP contribution in [0.4, 0.5) is 0 Å². The number of ketones is 2. The van der Waals surface area contributed by atoms with Gasteiger partial charge in [0.1, 0.15) is 0 Å². The summed E-state index contributed by atoms with van der Waals surface area (Å²) in [5.74, 6) is -2.29. The number of amides is 2. The Hall–Kier alpha value is -4.04. The summed E-state index contributed by atoms with van der Waals surface area (Å²) in [6.07, 6.45) is 7.79. The number of nitrogens with zero attached hydrogens (tertiary/aromatic N) is 1. The van der Waals surface area contributed by atoms with Gasteiger partial charge in [-0.15, -0.1) is 11.3 Å². The molecule has 1 aromatic carbocycles. The number of benzene rings is 1. The van der Waals surface area contributed by atoms with Crippen LogP contribution in [-0.4, -0.2) is 40.5 Å². The summed E-state index contributed by atoms with van der Waals surface area (Å²) >= 11 is 1.50. The van der Waals surface area contributed by atoms with E-state index < -0.39 is 17.8 Å². The number of imide groups is 1. The molecule has 1 N–H and O–H groups in total. The lowest BCUT2D eigenvalue weighted by atomic mass is 9.60. The second kappa shape index (κ2) is 9.61. The number of fused-ring (bicyclic) bond motifs is 3. The average Bonchev–Trinajstić information content (AvgIpc) is 3.53. The smallest absolute Gasteiger partial charge is 0.234 e. The van der Waals surface area contributed by atoms with E-state index in [9.17, 15) is 24.3 Å². The third-order valence-corrected chi connectivity index (χ3v) is 9.14. The number of phenolic OH excluding ortho intramolecular Hbond substituents is 1. The maximum absolute atomic E-state index is 13.7. The number of carbonyl (C=O) groups is 4. The molecule has 2 aromatic rings. The van der Waals surface area contributed by atoms with Gasteiger partial charge in [0.2, 0.25) is 11.8 Å². The largest absolute Gasteiger partial charge is 0.504 e. The molecule has 2 amide bonds. The summed E-state index contributed by atoms with van der Waals surface area (Å²) in [7, 11) is 1.47. The Labute approximate surface area is 229 Å². The van der Waals surface area contributed by atoms with E-state index in [0.29, 0.717) is 28.9 Å². The molecule has 7 nitrogen and oxygen atoms in total. The quantitative estimate of drug-likeness (QED) is 0.336. The lowest BCUT2D eigenvalue weighted by Gasteiger charge is -2.41. The highest BCUT2D eigenvalue weighted by molar-refractivity contribution is 7.09. The maximum Gasteiger partial charge on any atom is 0.234 e. The highest BCUT2D eigenvalue weighted by Crippen LogP contribution is 2.52. The van der Waals surface area contributed by atoms with Crippen molar-refractivity contribution in [1.29, 1.82) is 0 Å². The molecule has 39 heavy (non-hydrogen) atoms. The number of hydrogen-bond donors (Lipinski definition) is 1. The number of methoxy groups -OCH3 is 1. The van der Waals surface area contributed by atoms with Crippen LogP contribution in [-0.2, 0) is 25.7 Å². The summed E-state index contributed by atoms with van der Waals surface area (Å²) in [5, 5.41) is 11.9. The predicted molar refractivity (Wildman–Crippen MR) is 146 cm³/mol. The van der Waals surface area contributed by atoms with Crippen molar-refractivity contribution < 1.29 is 29.0 Å². The minimum Gasteiger partial charge on any atom is -0.504 e. The van der Waals surface area contributed by atoms with E-state index in [1.54, 1.807) is 19.1 Å². The lowest BCUT2D eigenvalue weighted by Crippen LogP contribution is -2.40. The number of hydrogen-bond acceptors (Lipinski definition) is 7. The molecule has 4 unspecified atom stereocenters. The number of carbonyl (C=O) groups excluding carboxylic acids is 4. The summed E-state index contributed by atoms with van der Waals surface area (Å²) < 4.78 is 5.23. The van der Waals surface area contributed by atoms with Gasteiger partial charge >= 0.3 is 0 Å². The van der Waals surface area contributed by atoms with Crippen LogP contribution in [0.2, 0.25) is 0 Å². The molecule has 0 spiro atoms. The SMILES string of the molecule is COc1cc(C=CC2C3=CCC4C(=O)N(Cc5cccs5)C(=O)C4C3CC3=C2C(=O)C(C)=CC3=O)ccc1O. The second-order valence-electron chi connectivity index (χ2n) is 10.4. The van der Waals surface area contributed by atoms with E-state index in [1.807, 2.05) is 35.7 Å². The fourth-order valence-corrected chi connectivity index (χ4v) is 7.12. The normalized spacial score (nSPS) is 26.5. The number of phenols is 1. The van der Waals surface area contributed by atoms with E-state index >= 15 is 0 Å². The van der Waals surface area contributed by atoms with Crippen LogP contribution >= 0.6 is 11.3 Å².